The summed E-state index contributed by atoms with van der Waals surface area (Å²) < 4.78 is 5.12. The normalized spacial score (nSPS) is 25.6. The van der Waals surface area contributed by atoms with Gasteiger partial charge in [0.1, 0.15) is 5.60 Å². The number of nitrogens with zero attached hydrogens (tertiary/aromatic N) is 1. The second kappa shape index (κ2) is 4.29. The van der Waals surface area contributed by atoms with Gasteiger partial charge in [-0.3, -0.25) is 0 Å². The fraction of sp³-hybridized carbons (Fsp3) is 0.800. The number of hydrogen-bond donors (Lipinski definition) is 1. The van der Waals surface area contributed by atoms with Crippen LogP contribution in [0.2, 0.25) is 0 Å². The molecule has 0 saturated carbocycles. The van der Waals surface area contributed by atoms with Crippen LogP contribution < -0.4 is 10.8 Å². The highest BCUT2D eigenvalue weighted by Crippen LogP contribution is 2.18. The van der Waals surface area contributed by atoms with E-state index in [4.69, 9.17) is 10.5 Å². The lowest BCUT2D eigenvalue weighted by atomic mass is 10.1. The number of rotatable bonds is 1. The van der Waals surface area contributed by atoms with Gasteiger partial charge in [0.2, 0.25) is 0 Å². The number of amides is 1. The average molecular weight is 229 g/mol. The summed E-state index contributed by atoms with van der Waals surface area (Å²) in [6.45, 7) is 5.48. The van der Waals surface area contributed by atoms with Gasteiger partial charge in [0, 0.05) is 31.0 Å². The van der Waals surface area contributed by atoms with Crippen molar-refractivity contribution in [1.82, 2.24) is 4.90 Å². The summed E-state index contributed by atoms with van der Waals surface area (Å²) >= 11 is 0. The fourth-order valence-corrected chi connectivity index (χ4v) is 1.55. The molecule has 6 nitrogen and oxygen atoms in total. The van der Waals surface area contributed by atoms with Crippen LogP contribution >= 0.6 is 0 Å². The number of hydrogen-bond acceptors (Lipinski definition) is 5. The standard InChI is InChI=1S/C10H18N2O4/c1-10(2,3)16-9(15)12-4-6(8(13)14)7(11)5-12/h6-7H,4-5,11H2,1-3H3,(H,13,14)/p-1. The molecule has 16 heavy (non-hydrogen) atoms. The number of aliphatic carboxylic acids is 1. The van der Waals surface area contributed by atoms with Crippen LogP contribution in [0.25, 0.3) is 0 Å². The van der Waals surface area contributed by atoms with Crippen LogP contribution in [0.1, 0.15) is 20.8 Å². The summed E-state index contributed by atoms with van der Waals surface area (Å²) in [6, 6.07) is -0.586. The minimum absolute atomic E-state index is 0.0540. The Morgan fingerprint density at radius 3 is 2.31 bits per heavy atom. The van der Waals surface area contributed by atoms with Crippen molar-refractivity contribution in [2.75, 3.05) is 13.1 Å². The molecule has 2 unspecified atom stereocenters. The Morgan fingerprint density at radius 1 is 1.38 bits per heavy atom. The number of carbonyl (C=O) groups excluding carboxylic acids is 2. The Hall–Kier alpha value is -1.30. The molecule has 1 saturated heterocycles. The molecule has 1 aliphatic rings. The molecule has 92 valence electrons. The lowest BCUT2D eigenvalue weighted by molar-refractivity contribution is -0.311. The first-order valence-electron chi connectivity index (χ1n) is 5.15. The van der Waals surface area contributed by atoms with E-state index >= 15 is 0 Å². The third-order valence-corrected chi connectivity index (χ3v) is 2.32. The van der Waals surface area contributed by atoms with Crippen molar-refractivity contribution in [1.29, 1.82) is 0 Å². The van der Waals surface area contributed by atoms with Crippen molar-refractivity contribution in [3.05, 3.63) is 0 Å². The predicted molar refractivity (Wildman–Crippen MR) is 54.3 cm³/mol. The van der Waals surface area contributed by atoms with Crippen LogP contribution in [-0.2, 0) is 9.53 Å². The molecule has 0 aromatic rings. The lowest BCUT2D eigenvalue weighted by Crippen LogP contribution is -2.41. The van der Waals surface area contributed by atoms with Gasteiger partial charge in [-0.2, -0.15) is 0 Å². The Morgan fingerprint density at radius 2 is 1.94 bits per heavy atom. The van der Waals surface area contributed by atoms with E-state index in [1.807, 2.05) is 0 Å². The molecule has 1 rings (SSSR count). The molecule has 1 fully saturated rings. The van der Waals surface area contributed by atoms with E-state index in [0.717, 1.165) is 0 Å². The smallest absolute Gasteiger partial charge is 0.410 e. The molecule has 1 amide bonds. The average Bonchev–Trinajstić information content (AvgIpc) is 2.44. The first-order chi connectivity index (χ1) is 7.20. The van der Waals surface area contributed by atoms with E-state index < -0.39 is 29.6 Å². The summed E-state index contributed by atoms with van der Waals surface area (Å²) in [4.78, 5) is 23.6. The van der Waals surface area contributed by atoms with Gasteiger partial charge in [0.15, 0.2) is 0 Å². The number of carboxylic acids is 1. The van der Waals surface area contributed by atoms with E-state index in [0.29, 0.717) is 0 Å². The van der Waals surface area contributed by atoms with Gasteiger partial charge >= 0.3 is 6.09 Å². The zero-order valence-electron chi connectivity index (χ0n) is 9.73. The van der Waals surface area contributed by atoms with E-state index in [2.05, 4.69) is 0 Å². The minimum Gasteiger partial charge on any atom is -0.550 e. The van der Waals surface area contributed by atoms with Crippen LogP contribution in [0.3, 0.4) is 0 Å². The second-order valence-corrected chi connectivity index (χ2v) is 4.97. The molecule has 1 heterocycles. The molecular weight excluding hydrogens is 212 g/mol. The molecule has 0 aromatic heterocycles. The molecule has 0 aliphatic carbocycles. The monoisotopic (exact) mass is 229 g/mol. The first-order valence-corrected chi connectivity index (χ1v) is 5.15. The highest BCUT2D eigenvalue weighted by atomic mass is 16.6. The van der Waals surface area contributed by atoms with Gasteiger partial charge in [-0.25, -0.2) is 4.79 Å². The largest absolute Gasteiger partial charge is 0.550 e. The quantitative estimate of drug-likeness (QED) is 0.617. The summed E-state index contributed by atoms with van der Waals surface area (Å²) in [6.07, 6.45) is -0.535. The molecule has 0 aromatic carbocycles. The van der Waals surface area contributed by atoms with Crippen molar-refractivity contribution in [3.8, 4) is 0 Å². The van der Waals surface area contributed by atoms with Gasteiger partial charge in [0.25, 0.3) is 0 Å². The number of ether oxygens (including phenoxy) is 1. The van der Waals surface area contributed by atoms with E-state index in [-0.39, 0.29) is 13.1 Å². The summed E-state index contributed by atoms with van der Waals surface area (Å²) in [7, 11) is 0. The fourth-order valence-electron chi connectivity index (χ4n) is 1.55. The van der Waals surface area contributed by atoms with Crippen LogP contribution in [0.15, 0.2) is 0 Å². The zero-order chi connectivity index (χ0) is 12.5. The maximum Gasteiger partial charge on any atom is 0.410 e. The summed E-state index contributed by atoms with van der Waals surface area (Å²) in [5.74, 6) is -2.04. The van der Waals surface area contributed by atoms with Crippen molar-refractivity contribution in [3.63, 3.8) is 0 Å². The highest BCUT2D eigenvalue weighted by Gasteiger charge is 2.35. The van der Waals surface area contributed by atoms with Gasteiger partial charge in [-0.05, 0) is 20.8 Å². The van der Waals surface area contributed by atoms with E-state index in [1.165, 1.54) is 4.90 Å². The summed E-state index contributed by atoms with van der Waals surface area (Å²) in [5, 5.41) is 10.7. The molecule has 6 heteroatoms. The van der Waals surface area contributed by atoms with Crippen LogP contribution in [0.5, 0.6) is 0 Å². The lowest BCUT2D eigenvalue weighted by Gasteiger charge is -2.24. The molecule has 2 N–H and O–H groups in total. The highest BCUT2D eigenvalue weighted by molar-refractivity contribution is 5.74. The molecule has 0 spiro atoms. The topological polar surface area (TPSA) is 95.7 Å². The van der Waals surface area contributed by atoms with Crippen molar-refractivity contribution < 1.29 is 19.4 Å². The van der Waals surface area contributed by atoms with Gasteiger partial charge in [-0.1, -0.05) is 0 Å². The SMILES string of the molecule is CC(C)(C)OC(=O)N1CC(N)C(C(=O)[O-])C1. The van der Waals surface area contributed by atoms with Crippen LogP contribution in [0, 0.1) is 5.92 Å². The van der Waals surface area contributed by atoms with Crippen LogP contribution in [0.4, 0.5) is 4.79 Å². The first kappa shape index (κ1) is 12.8. The van der Waals surface area contributed by atoms with Crippen molar-refractivity contribution in [2.24, 2.45) is 11.7 Å². The second-order valence-electron chi connectivity index (χ2n) is 4.97. The zero-order valence-corrected chi connectivity index (χ0v) is 9.73. The predicted octanol–water partition coefficient (Wildman–Crippen LogP) is -1.07. The number of carboxylic acid groups (broad SMARTS) is 1. The number of carbonyl (C=O) groups is 2. The minimum atomic E-state index is -1.22. The molecule has 0 bridgehead atoms. The van der Waals surface area contributed by atoms with Crippen molar-refractivity contribution >= 4 is 12.1 Å². The summed E-state index contributed by atoms with van der Waals surface area (Å²) in [5.41, 5.74) is 5.01. The van der Waals surface area contributed by atoms with E-state index in [1.54, 1.807) is 20.8 Å². The number of nitrogens with two attached hydrogens (primary N) is 1. The Kier molecular flexibility index (Phi) is 3.42. The molecule has 1 aliphatic heterocycles. The van der Waals surface area contributed by atoms with Gasteiger partial charge < -0.3 is 25.3 Å². The van der Waals surface area contributed by atoms with Crippen LogP contribution in [-0.4, -0.2) is 41.7 Å². The Bertz CT molecular complexity index is 298. The van der Waals surface area contributed by atoms with Gasteiger partial charge in [0.05, 0.1) is 0 Å². The van der Waals surface area contributed by atoms with Crippen molar-refractivity contribution in [2.45, 2.75) is 32.4 Å². The molecule has 0 radical (unpaired) electrons. The Balaban J connectivity index is 2.58. The molecular formula is C10H17N2O4-. The third-order valence-electron chi connectivity index (χ3n) is 2.32. The maximum absolute atomic E-state index is 11.6. The molecule has 2 atom stereocenters. The van der Waals surface area contributed by atoms with E-state index in [9.17, 15) is 14.7 Å². The van der Waals surface area contributed by atoms with Gasteiger partial charge in [-0.15, -0.1) is 0 Å². The third kappa shape index (κ3) is 3.10. The maximum atomic E-state index is 11.6. The Labute approximate surface area is 94.3 Å². The number of likely N-dealkylation sites (tertiary alicyclic amines) is 1.